The van der Waals surface area contributed by atoms with Crippen molar-refractivity contribution in [2.45, 2.75) is 13.8 Å². The number of fused-ring (bicyclic) bond motifs is 6. The quantitative estimate of drug-likeness (QED) is 0.188. The van der Waals surface area contributed by atoms with Gasteiger partial charge < -0.3 is 9.13 Å². The number of hydrogen-bond donors (Lipinski definition) is 0. The SMILES string of the molecule is Cc1cc(C)nc(-c2cc(-n3c4cc(C#N)ccc4c4ccc(C#N)cc43)c(C#N)cc2-n2c3cc(C#N)ccc3c3ccc(C#N)cc32)n1. The van der Waals surface area contributed by atoms with Gasteiger partial charge in [0.2, 0.25) is 0 Å². The summed E-state index contributed by atoms with van der Waals surface area (Å²) in [6.45, 7) is 3.78. The van der Waals surface area contributed by atoms with Crippen LogP contribution in [-0.4, -0.2) is 19.1 Å². The Labute approximate surface area is 285 Å². The molecule has 0 amide bonds. The van der Waals surface area contributed by atoms with E-state index in [0.717, 1.165) is 32.9 Å². The second-order valence-electron chi connectivity index (χ2n) is 12.0. The molecule has 0 aliphatic rings. The average Bonchev–Trinajstić information content (AvgIpc) is 3.64. The first-order chi connectivity index (χ1) is 24.3. The Morgan fingerprint density at radius 2 is 0.820 bits per heavy atom. The van der Waals surface area contributed by atoms with Crippen molar-refractivity contribution in [1.29, 1.82) is 26.3 Å². The van der Waals surface area contributed by atoms with Crippen LogP contribution in [-0.2, 0) is 0 Å². The van der Waals surface area contributed by atoms with Gasteiger partial charge in [0.25, 0.3) is 0 Å². The molecule has 3 aromatic heterocycles. The summed E-state index contributed by atoms with van der Waals surface area (Å²) in [4.78, 5) is 9.70. The molecule has 0 saturated heterocycles. The standard InChI is InChI=1S/C41H21N9/c1-23-11-24(2)48-41(47-23)34-17-35(49-36-12-25(18-42)3-7-30(36)31-8-4-26(19-43)13-37(31)49)29(22-46)16-40(34)50-38-14-27(20-44)5-9-32(38)33-10-6-28(21-45)15-39(33)50/h3-17H,1-2H3. The number of aromatic nitrogens is 4. The fourth-order valence-electron chi connectivity index (χ4n) is 6.90. The van der Waals surface area contributed by atoms with Gasteiger partial charge in [-0.2, -0.15) is 26.3 Å². The van der Waals surface area contributed by atoms with E-state index in [2.05, 4.69) is 30.3 Å². The minimum atomic E-state index is 0.305. The first-order valence-corrected chi connectivity index (χ1v) is 15.5. The van der Waals surface area contributed by atoms with Crippen LogP contribution in [0.4, 0.5) is 0 Å². The largest absolute Gasteiger partial charge is 0.308 e. The van der Waals surface area contributed by atoms with E-state index >= 15 is 0 Å². The van der Waals surface area contributed by atoms with Crippen LogP contribution in [0.25, 0.3) is 66.4 Å². The van der Waals surface area contributed by atoms with E-state index in [0.29, 0.717) is 72.6 Å². The van der Waals surface area contributed by atoms with Gasteiger partial charge in [0.1, 0.15) is 6.07 Å². The van der Waals surface area contributed by atoms with Crippen molar-refractivity contribution in [3.63, 3.8) is 0 Å². The molecule has 0 atom stereocenters. The lowest BCUT2D eigenvalue weighted by atomic mass is 10.0. The van der Waals surface area contributed by atoms with Crippen molar-refractivity contribution in [1.82, 2.24) is 19.1 Å². The zero-order valence-corrected chi connectivity index (χ0v) is 26.7. The topological polar surface area (TPSA) is 155 Å². The Hall–Kier alpha value is -7.77. The van der Waals surface area contributed by atoms with Gasteiger partial charge in [-0.25, -0.2) is 9.97 Å². The monoisotopic (exact) mass is 639 g/mol. The molecule has 8 rings (SSSR count). The van der Waals surface area contributed by atoms with Crippen LogP contribution in [0.2, 0.25) is 0 Å². The van der Waals surface area contributed by atoms with Gasteiger partial charge in [-0.05, 0) is 80.6 Å². The number of nitriles is 5. The Balaban J connectivity index is 1.58. The molecule has 5 aromatic carbocycles. The minimum absolute atomic E-state index is 0.305. The fraction of sp³-hybridized carbons (Fsp3) is 0.0488. The molecule has 3 heterocycles. The summed E-state index contributed by atoms with van der Waals surface area (Å²) >= 11 is 0. The molecule has 0 bridgehead atoms. The number of nitrogens with zero attached hydrogens (tertiary/aromatic N) is 9. The van der Waals surface area contributed by atoms with E-state index in [4.69, 9.17) is 9.97 Å². The maximum absolute atomic E-state index is 10.8. The first-order valence-electron chi connectivity index (χ1n) is 15.5. The number of benzene rings is 5. The second-order valence-corrected chi connectivity index (χ2v) is 12.0. The Bertz CT molecular complexity index is 2850. The number of aryl methyl sites for hydroxylation is 2. The van der Waals surface area contributed by atoms with Crippen LogP contribution in [0.5, 0.6) is 0 Å². The van der Waals surface area contributed by atoms with Crippen LogP contribution in [0.15, 0.2) is 91.0 Å². The molecule has 0 radical (unpaired) electrons. The molecule has 50 heavy (non-hydrogen) atoms. The summed E-state index contributed by atoms with van der Waals surface area (Å²) in [6.07, 6.45) is 0. The Kier molecular flexibility index (Phi) is 6.63. The van der Waals surface area contributed by atoms with Gasteiger partial charge in [0.05, 0.1) is 85.5 Å². The van der Waals surface area contributed by atoms with Crippen molar-refractivity contribution in [2.24, 2.45) is 0 Å². The highest BCUT2D eigenvalue weighted by Gasteiger charge is 2.24. The molecule has 0 aliphatic heterocycles. The Morgan fingerprint density at radius 1 is 0.440 bits per heavy atom. The van der Waals surface area contributed by atoms with E-state index < -0.39 is 0 Å². The Morgan fingerprint density at radius 3 is 1.18 bits per heavy atom. The van der Waals surface area contributed by atoms with Crippen molar-refractivity contribution < 1.29 is 0 Å². The molecule has 0 fully saturated rings. The molecule has 0 unspecified atom stereocenters. The molecule has 0 aliphatic carbocycles. The summed E-state index contributed by atoms with van der Waals surface area (Å²) in [6, 6.07) is 38.6. The molecule has 9 nitrogen and oxygen atoms in total. The summed E-state index contributed by atoms with van der Waals surface area (Å²) in [5, 5.41) is 53.7. The van der Waals surface area contributed by atoms with Crippen molar-refractivity contribution >= 4 is 43.6 Å². The van der Waals surface area contributed by atoms with E-state index in [1.165, 1.54) is 0 Å². The number of hydrogen-bond acceptors (Lipinski definition) is 7. The third-order valence-corrected chi connectivity index (χ3v) is 8.99. The van der Waals surface area contributed by atoms with Gasteiger partial charge in [0.15, 0.2) is 5.82 Å². The zero-order valence-electron chi connectivity index (χ0n) is 26.7. The predicted octanol–water partition coefficient (Wildman–Crippen LogP) is 8.31. The van der Waals surface area contributed by atoms with E-state index in [-0.39, 0.29) is 0 Å². The third kappa shape index (κ3) is 4.43. The van der Waals surface area contributed by atoms with E-state index in [1.54, 1.807) is 54.6 Å². The van der Waals surface area contributed by atoms with Crippen LogP contribution in [0.1, 0.15) is 39.2 Å². The minimum Gasteiger partial charge on any atom is -0.308 e. The zero-order chi connectivity index (χ0) is 34.7. The van der Waals surface area contributed by atoms with Gasteiger partial charge in [-0.1, -0.05) is 24.3 Å². The lowest BCUT2D eigenvalue weighted by molar-refractivity contribution is 1.05. The van der Waals surface area contributed by atoms with Crippen molar-refractivity contribution in [2.75, 3.05) is 0 Å². The second kappa shape index (κ2) is 11.2. The summed E-state index contributed by atoms with van der Waals surface area (Å²) in [5.74, 6) is 0.419. The van der Waals surface area contributed by atoms with Crippen LogP contribution < -0.4 is 0 Å². The highest BCUT2D eigenvalue weighted by molar-refractivity contribution is 6.12. The van der Waals surface area contributed by atoms with Crippen LogP contribution >= 0.6 is 0 Å². The molecule has 0 spiro atoms. The predicted molar refractivity (Wildman–Crippen MR) is 189 cm³/mol. The summed E-state index contributed by atoms with van der Waals surface area (Å²) < 4.78 is 3.87. The molecular weight excluding hydrogens is 619 g/mol. The van der Waals surface area contributed by atoms with E-state index in [1.807, 2.05) is 59.4 Å². The summed E-state index contributed by atoms with van der Waals surface area (Å²) in [5.41, 5.74) is 8.10. The average molecular weight is 640 g/mol. The summed E-state index contributed by atoms with van der Waals surface area (Å²) in [7, 11) is 0. The van der Waals surface area contributed by atoms with Gasteiger partial charge >= 0.3 is 0 Å². The van der Waals surface area contributed by atoms with Crippen LogP contribution in [0, 0.1) is 70.5 Å². The maximum Gasteiger partial charge on any atom is 0.161 e. The molecular formula is C41H21N9. The van der Waals surface area contributed by atoms with Gasteiger partial charge in [-0.3, -0.25) is 0 Å². The fourth-order valence-corrected chi connectivity index (χ4v) is 6.90. The highest BCUT2D eigenvalue weighted by Crippen LogP contribution is 2.40. The normalized spacial score (nSPS) is 10.9. The molecule has 230 valence electrons. The van der Waals surface area contributed by atoms with Gasteiger partial charge in [0, 0.05) is 38.5 Å². The van der Waals surface area contributed by atoms with E-state index in [9.17, 15) is 26.3 Å². The molecule has 9 heteroatoms. The van der Waals surface area contributed by atoms with Gasteiger partial charge in [-0.15, -0.1) is 0 Å². The molecule has 8 aromatic rings. The maximum atomic E-state index is 10.8. The van der Waals surface area contributed by atoms with Crippen LogP contribution in [0.3, 0.4) is 0 Å². The van der Waals surface area contributed by atoms with Crippen molar-refractivity contribution in [3.05, 3.63) is 130 Å². The number of rotatable bonds is 3. The van der Waals surface area contributed by atoms with Crippen molar-refractivity contribution in [3.8, 4) is 53.1 Å². The smallest absolute Gasteiger partial charge is 0.161 e. The molecule has 0 N–H and O–H groups in total. The lowest BCUT2D eigenvalue weighted by Crippen LogP contribution is -2.06. The highest BCUT2D eigenvalue weighted by atomic mass is 15.0. The third-order valence-electron chi connectivity index (χ3n) is 8.99. The lowest BCUT2D eigenvalue weighted by Gasteiger charge is -2.18. The first kappa shape index (κ1) is 29.6. The molecule has 0 saturated carbocycles.